The van der Waals surface area contributed by atoms with Crippen LogP contribution >= 0.6 is 0 Å². The van der Waals surface area contributed by atoms with Crippen LogP contribution in [0.1, 0.15) is 30.7 Å². The van der Waals surface area contributed by atoms with E-state index in [0.29, 0.717) is 6.04 Å². The van der Waals surface area contributed by atoms with Gasteiger partial charge in [0.15, 0.2) is 0 Å². The average Bonchev–Trinajstić information content (AvgIpc) is 2.46. The van der Waals surface area contributed by atoms with Gasteiger partial charge >= 0.3 is 0 Å². The van der Waals surface area contributed by atoms with Gasteiger partial charge in [0.25, 0.3) is 0 Å². The van der Waals surface area contributed by atoms with Crippen molar-refractivity contribution in [1.82, 2.24) is 9.88 Å². The fourth-order valence-corrected chi connectivity index (χ4v) is 1.79. The molecule has 0 spiro atoms. The Hall–Kier alpha value is -0.890. The number of aromatic nitrogens is 1. The molecule has 0 saturated heterocycles. The molecule has 1 aromatic heterocycles. The molecule has 1 aliphatic rings. The molecule has 0 fully saturated rings. The zero-order valence-electron chi connectivity index (χ0n) is 8.54. The Balaban J connectivity index is 2.25. The molecule has 1 aromatic rings. The second-order valence-electron chi connectivity index (χ2n) is 4.09. The fraction of sp³-hybridized carbons (Fsp3) is 0.545. The zero-order chi connectivity index (χ0) is 9.42. The summed E-state index contributed by atoms with van der Waals surface area (Å²) in [6.45, 7) is 8.70. The Morgan fingerprint density at radius 2 is 2.00 bits per heavy atom. The average molecular weight is 176 g/mol. The van der Waals surface area contributed by atoms with E-state index < -0.39 is 0 Å². The van der Waals surface area contributed by atoms with Crippen molar-refractivity contribution >= 4 is 0 Å². The molecule has 2 rings (SSSR count). The van der Waals surface area contributed by atoms with Crippen molar-refractivity contribution in [2.45, 2.75) is 39.9 Å². The summed E-state index contributed by atoms with van der Waals surface area (Å²) in [6, 6.07) is 2.84. The SMILES string of the molecule is Cc1cc2c(cn1)CN(C(C)C)C2. The standard InChI is InChI=1S/C11H16N2/c1-8(2)13-6-10-4-9(3)12-5-11(10)7-13/h4-5,8H,6-7H2,1-3H3. The molecule has 0 aromatic carbocycles. The topological polar surface area (TPSA) is 16.1 Å². The minimum Gasteiger partial charge on any atom is -0.292 e. The fourth-order valence-electron chi connectivity index (χ4n) is 1.79. The monoisotopic (exact) mass is 176 g/mol. The number of rotatable bonds is 1. The number of aryl methyl sites for hydroxylation is 1. The van der Waals surface area contributed by atoms with Crippen molar-refractivity contribution in [2.24, 2.45) is 0 Å². The van der Waals surface area contributed by atoms with Crippen molar-refractivity contribution < 1.29 is 0 Å². The van der Waals surface area contributed by atoms with Crippen LogP contribution in [0.3, 0.4) is 0 Å². The Kier molecular flexibility index (Phi) is 2.08. The highest BCUT2D eigenvalue weighted by Crippen LogP contribution is 2.23. The second kappa shape index (κ2) is 3.11. The van der Waals surface area contributed by atoms with Gasteiger partial charge in [-0.15, -0.1) is 0 Å². The summed E-state index contributed by atoms with van der Waals surface area (Å²) in [5.41, 5.74) is 3.99. The number of pyridine rings is 1. The molecule has 0 amide bonds. The minimum absolute atomic E-state index is 0.632. The first kappa shape index (κ1) is 8.70. The third-order valence-electron chi connectivity index (χ3n) is 2.70. The van der Waals surface area contributed by atoms with Gasteiger partial charge in [-0.1, -0.05) is 0 Å². The summed E-state index contributed by atoms with van der Waals surface area (Å²) in [5, 5.41) is 0. The van der Waals surface area contributed by atoms with Crippen LogP contribution in [-0.2, 0) is 13.1 Å². The smallest absolute Gasteiger partial charge is 0.0376 e. The molecule has 13 heavy (non-hydrogen) atoms. The third-order valence-corrected chi connectivity index (χ3v) is 2.70. The summed E-state index contributed by atoms with van der Waals surface area (Å²) < 4.78 is 0. The van der Waals surface area contributed by atoms with Gasteiger partial charge in [0, 0.05) is 31.0 Å². The van der Waals surface area contributed by atoms with E-state index in [2.05, 4.69) is 36.7 Å². The summed E-state index contributed by atoms with van der Waals surface area (Å²) >= 11 is 0. The number of fused-ring (bicyclic) bond motifs is 1. The van der Waals surface area contributed by atoms with Crippen LogP contribution in [0.5, 0.6) is 0 Å². The lowest BCUT2D eigenvalue weighted by atomic mass is 10.2. The molecule has 2 heteroatoms. The molecule has 0 N–H and O–H groups in total. The van der Waals surface area contributed by atoms with E-state index >= 15 is 0 Å². The van der Waals surface area contributed by atoms with Gasteiger partial charge in [-0.05, 0) is 38.0 Å². The highest BCUT2D eigenvalue weighted by Gasteiger charge is 2.20. The Morgan fingerprint density at radius 1 is 1.31 bits per heavy atom. The molecule has 0 radical (unpaired) electrons. The molecule has 1 aliphatic heterocycles. The number of hydrogen-bond donors (Lipinski definition) is 0. The summed E-state index contributed by atoms with van der Waals surface area (Å²) in [4.78, 5) is 6.78. The van der Waals surface area contributed by atoms with Crippen molar-refractivity contribution in [3.8, 4) is 0 Å². The minimum atomic E-state index is 0.632. The maximum Gasteiger partial charge on any atom is 0.0376 e. The van der Waals surface area contributed by atoms with E-state index in [-0.39, 0.29) is 0 Å². The molecule has 70 valence electrons. The quantitative estimate of drug-likeness (QED) is 0.651. The molecule has 0 aliphatic carbocycles. The molecule has 0 bridgehead atoms. The normalized spacial score (nSPS) is 16.6. The van der Waals surface area contributed by atoms with Gasteiger partial charge < -0.3 is 0 Å². The predicted octanol–water partition coefficient (Wildman–Crippen LogP) is 2.11. The predicted molar refractivity (Wildman–Crippen MR) is 53.4 cm³/mol. The first-order chi connectivity index (χ1) is 6.16. The Bertz CT molecular complexity index is 318. The van der Waals surface area contributed by atoms with Gasteiger partial charge in [0.1, 0.15) is 0 Å². The summed E-state index contributed by atoms with van der Waals surface area (Å²) in [5.74, 6) is 0. The van der Waals surface area contributed by atoms with Crippen molar-refractivity contribution in [2.75, 3.05) is 0 Å². The van der Waals surface area contributed by atoms with Crippen LogP contribution in [0.2, 0.25) is 0 Å². The maximum atomic E-state index is 4.32. The van der Waals surface area contributed by atoms with Crippen LogP contribution in [0.4, 0.5) is 0 Å². The summed E-state index contributed by atoms with van der Waals surface area (Å²) in [7, 11) is 0. The van der Waals surface area contributed by atoms with Gasteiger partial charge in [-0.2, -0.15) is 0 Å². The number of nitrogens with zero attached hydrogens (tertiary/aromatic N) is 2. The molecule has 2 nitrogen and oxygen atoms in total. The highest BCUT2D eigenvalue weighted by atomic mass is 15.2. The highest BCUT2D eigenvalue weighted by molar-refractivity contribution is 5.29. The van der Waals surface area contributed by atoms with E-state index in [1.165, 1.54) is 11.1 Å². The molecular weight excluding hydrogens is 160 g/mol. The van der Waals surface area contributed by atoms with Gasteiger partial charge in [-0.3, -0.25) is 9.88 Å². The largest absolute Gasteiger partial charge is 0.292 e. The summed E-state index contributed by atoms with van der Waals surface area (Å²) in [6.07, 6.45) is 2.02. The Morgan fingerprint density at radius 3 is 2.69 bits per heavy atom. The zero-order valence-corrected chi connectivity index (χ0v) is 8.54. The van der Waals surface area contributed by atoms with E-state index in [4.69, 9.17) is 0 Å². The lowest BCUT2D eigenvalue weighted by Crippen LogP contribution is -2.24. The molecule has 0 saturated carbocycles. The molecule has 2 heterocycles. The lowest BCUT2D eigenvalue weighted by Gasteiger charge is -2.18. The first-order valence-electron chi connectivity index (χ1n) is 4.85. The van der Waals surface area contributed by atoms with E-state index in [0.717, 1.165) is 18.8 Å². The van der Waals surface area contributed by atoms with Crippen LogP contribution in [0.25, 0.3) is 0 Å². The van der Waals surface area contributed by atoms with Gasteiger partial charge in [0.2, 0.25) is 0 Å². The van der Waals surface area contributed by atoms with Crippen LogP contribution in [0.15, 0.2) is 12.3 Å². The van der Waals surface area contributed by atoms with Crippen LogP contribution in [-0.4, -0.2) is 15.9 Å². The second-order valence-corrected chi connectivity index (χ2v) is 4.09. The lowest BCUT2D eigenvalue weighted by molar-refractivity contribution is 0.227. The molecule has 0 unspecified atom stereocenters. The molecule has 0 atom stereocenters. The van der Waals surface area contributed by atoms with E-state index in [1.807, 2.05) is 6.20 Å². The first-order valence-corrected chi connectivity index (χ1v) is 4.85. The maximum absolute atomic E-state index is 4.32. The van der Waals surface area contributed by atoms with Crippen LogP contribution in [0, 0.1) is 6.92 Å². The number of hydrogen-bond acceptors (Lipinski definition) is 2. The van der Waals surface area contributed by atoms with Crippen LogP contribution < -0.4 is 0 Å². The van der Waals surface area contributed by atoms with Crippen molar-refractivity contribution in [3.63, 3.8) is 0 Å². The Labute approximate surface area is 79.6 Å². The van der Waals surface area contributed by atoms with E-state index in [9.17, 15) is 0 Å². The molecular formula is C11H16N2. The van der Waals surface area contributed by atoms with Crippen molar-refractivity contribution in [1.29, 1.82) is 0 Å². The van der Waals surface area contributed by atoms with E-state index in [1.54, 1.807) is 0 Å². The van der Waals surface area contributed by atoms with Gasteiger partial charge in [0.05, 0.1) is 0 Å². The third kappa shape index (κ3) is 1.59. The van der Waals surface area contributed by atoms with Gasteiger partial charge in [-0.25, -0.2) is 0 Å². The van der Waals surface area contributed by atoms with Crippen molar-refractivity contribution in [3.05, 3.63) is 29.1 Å².